The zero-order chi connectivity index (χ0) is 18.7. The second-order valence-electron chi connectivity index (χ2n) is 6.85. The van der Waals surface area contributed by atoms with Gasteiger partial charge in [0.2, 0.25) is 0 Å². The topological polar surface area (TPSA) is 92.5 Å². The molecule has 138 valence electrons. The van der Waals surface area contributed by atoms with Gasteiger partial charge in [-0.05, 0) is 44.0 Å². The Morgan fingerprint density at radius 3 is 2.46 bits per heavy atom. The SMILES string of the molecule is CC(O)c1ccc(C2(CNC(=O)c3ccc([N+](=O)[O-])cc3)CCCC2)s1. The Balaban J connectivity index is 1.72. The van der Waals surface area contributed by atoms with Crippen molar-refractivity contribution >= 4 is 22.9 Å². The molecule has 3 rings (SSSR count). The number of rotatable bonds is 6. The van der Waals surface area contributed by atoms with Crippen molar-refractivity contribution in [3.63, 3.8) is 0 Å². The fourth-order valence-electron chi connectivity index (χ4n) is 3.51. The molecule has 1 aromatic carbocycles. The van der Waals surface area contributed by atoms with Crippen LogP contribution in [0, 0.1) is 10.1 Å². The maximum Gasteiger partial charge on any atom is 0.269 e. The maximum atomic E-state index is 12.5. The van der Waals surface area contributed by atoms with Gasteiger partial charge in [0.05, 0.1) is 11.0 Å². The molecule has 2 N–H and O–H groups in total. The van der Waals surface area contributed by atoms with Crippen molar-refractivity contribution in [3.8, 4) is 0 Å². The molecule has 0 bridgehead atoms. The van der Waals surface area contributed by atoms with E-state index in [-0.39, 0.29) is 17.0 Å². The third kappa shape index (κ3) is 3.78. The summed E-state index contributed by atoms with van der Waals surface area (Å²) < 4.78 is 0. The third-order valence-electron chi connectivity index (χ3n) is 5.05. The van der Waals surface area contributed by atoms with E-state index in [9.17, 15) is 20.0 Å². The Labute approximate surface area is 156 Å². The minimum Gasteiger partial charge on any atom is -0.388 e. The van der Waals surface area contributed by atoms with E-state index in [1.54, 1.807) is 18.3 Å². The molecule has 1 saturated carbocycles. The third-order valence-corrected chi connectivity index (χ3v) is 6.55. The number of amides is 1. The molecule has 1 heterocycles. The molecule has 1 fully saturated rings. The first kappa shape index (κ1) is 18.5. The van der Waals surface area contributed by atoms with E-state index in [1.807, 2.05) is 6.07 Å². The van der Waals surface area contributed by atoms with E-state index in [2.05, 4.69) is 11.4 Å². The number of non-ortho nitro benzene ring substituents is 1. The average Bonchev–Trinajstić information content (AvgIpc) is 3.30. The normalized spacial score (nSPS) is 17.0. The number of nitro benzene ring substituents is 1. The summed E-state index contributed by atoms with van der Waals surface area (Å²) in [6, 6.07) is 9.67. The Morgan fingerprint density at radius 1 is 1.27 bits per heavy atom. The summed E-state index contributed by atoms with van der Waals surface area (Å²) in [4.78, 5) is 24.8. The monoisotopic (exact) mass is 374 g/mol. The second-order valence-corrected chi connectivity index (χ2v) is 7.97. The highest BCUT2D eigenvalue weighted by Gasteiger charge is 2.37. The van der Waals surface area contributed by atoms with Gasteiger partial charge >= 0.3 is 0 Å². The fourth-order valence-corrected chi connectivity index (χ4v) is 4.70. The summed E-state index contributed by atoms with van der Waals surface area (Å²) in [6.45, 7) is 2.29. The molecule has 0 spiro atoms. The number of benzene rings is 1. The Hall–Kier alpha value is -2.25. The first-order valence-corrected chi connectivity index (χ1v) is 9.54. The van der Waals surface area contributed by atoms with E-state index in [4.69, 9.17) is 0 Å². The molecule has 0 radical (unpaired) electrons. The standard InChI is InChI=1S/C19H22N2O4S/c1-13(22)16-8-9-17(26-16)19(10-2-3-11-19)12-20-18(23)14-4-6-15(7-5-14)21(24)25/h4-9,13,22H,2-3,10-12H2,1H3,(H,20,23). The van der Waals surface area contributed by atoms with Crippen LogP contribution in [0.4, 0.5) is 5.69 Å². The van der Waals surface area contributed by atoms with Gasteiger partial charge < -0.3 is 10.4 Å². The lowest BCUT2D eigenvalue weighted by molar-refractivity contribution is -0.384. The Bertz CT molecular complexity index is 792. The summed E-state index contributed by atoms with van der Waals surface area (Å²) in [6.07, 6.45) is 3.77. The molecule has 2 aromatic rings. The van der Waals surface area contributed by atoms with Crippen LogP contribution in [0.1, 0.15) is 58.8 Å². The number of carbonyl (C=O) groups excluding carboxylic acids is 1. The maximum absolute atomic E-state index is 12.5. The largest absolute Gasteiger partial charge is 0.388 e. The van der Waals surface area contributed by atoms with Gasteiger partial charge in [-0.2, -0.15) is 0 Å². The Morgan fingerprint density at radius 2 is 1.92 bits per heavy atom. The molecular formula is C19H22N2O4S. The minimum atomic E-state index is -0.484. The zero-order valence-corrected chi connectivity index (χ0v) is 15.4. The quantitative estimate of drug-likeness (QED) is 0.591. The number of nitrogens with zero attached hydrogens (tertiary/aromatic N) is 1. The highest BCUT2D eigenvalue weighted by molar-refractivity contribution is 7.12. The predicted octanol–water partition coefficient (Wildman–Crippen LogP) is 3.95. The van der Waals surface area contributed by atoms with Crippen LogP contribution < -0.4 is 5.32 Å². The summed E-state index contributed by atoms with van der Waals surface area (Å²) in [5.74, 6) is -0.224. The van der Waals surface area contributed by atoms with Gasteiger partial charge in [-0.3, -0.25) is 14.9 Å². The Kier molecular flexibility index (Phi) is 5.38. The van der Waals surface area contributed by atoms with E-state index in [0.717, 1.165) is 30.6 Å². The van der Waals surface area contributed by atoms with Crippen LogP contribution in [-0.4, -0.2) is 22.5 Å². The number of nitro groups is 1. The molecule has 1 atom stereocenters. The van der Waals surface area contributed by atoms with Crippen molar-refractivity contribution < 1.29 is 14.8 Å². The van der Waals surface area contributed by atoms with Crippen molar-refractivity contribution in [2.24, 2.45) is 0 Å². The van der Waals surface area contributed by atoms with Crippen LogP contribution in [0.2, 0.25) is 0 Å². The first-order chi connectivity index (χ1) is 12.4. The second kappa shape index (κ2) is 7.55. The van der Waals surface area contributed by atoms with Gasteiger partial charge in [0, 0.05) is 39.4 Å². The van der Waals surface area contributed by atoms with Crippen LogP contribution in [0.25, 0.3) is 0 Å². The molecule has 0 saturated heterocycles. The van der Waals surface area contributed by atoms with Gasteiger partial charge in [-0.25, -0.2) is 0 Å². The first-order valence-electron chi connectivity index (χ1n) is 8.72. The number of nitrogens with one attached hydrogen (secondary N) is 1. The summed E-state index contributed by atoms with van der Waals surface area (Å²) in [5.41, 5.74) is 0.298. The molecule has 1 aromatic heterocycles. The number of carbonyl (C=O) groups is 1. The highest BCUT2D eigenvalue weighted by atomic mass is 32.1. The van der Waals surface area contributed by atoms with Crippen LogP contribution in [0.5, 0.6) is 0 Å². The predicted molar refractivity (Wildman–Crippen MR) is 101 cm³/mol. The van der Waals surface area contributed by atoms with E-state index in [1.165, 1.54) is 29.1 Å². The lowest BCUT2D eigenvalue weighted by Gasteiger charge is -2.28. The molecule has 6 nitrogen and oxygen atoms in total. The van der Waals surface area contributed by atoms with Crippen molar-refractivity contribution in [2.75, 3.05) is 6.54 Å². The number of aliphatic hydroxyl groups is 1. The lowest BCUT2D eigenvalue weighted by atomic mass is 9.84. The van der Waals surface area contributed by atoms with Crippen molar-refractivity contribution in [3.05, 3.63) is 61.8 Å². The van der Waals surface area contributed by atoms with E-state index in [0.29, 0.717) is 12.1 Å². The smallest absolute Gasteiger partial charge is 0.269 e. The zero-order valence-electron chi connectivity index (χ0n) is 14.6. The van der Waals surface area contributed by atoms with Gasteiger partial charge in [0.15, 0.2) is 0 Å². The number of aliphatic hydroxyl groups excluding tert-OH is 1. The van der Waals surface area contributed by atoms with Crippen molar-refractivity contribution in [2.45, 2.75) is 44.1 Å². The molecule has 1 unspecified atom stereocenters. The average molecular weight is 374 g/mol. The van der Waals surface area contributed by atoms with Crippen LogP contribution >= 0.6 is 11.3 Å². The van der Waals surface area contributed by atoms with Gasteiger partial charge in [-0.1, -0.05) is 12.8 Å². The van der Waals surface area contributed by atoms with Crippen molar-refractivity contribution in [1.82, 2.24) is 5.32 Å². The summed E-state index contributed by atoms with van der Waals surface area (Å²) >= 11 is 1.61. The fraction of sp³-hybridized carbons (Fsp3) is 0.421. The van der Waals surface area contributed by atoms with E-state index >= 15 is 0 Å². The van der Waals surface area contributed by atoms with E-state index < -0.39 is 11.0 Å². The highest BCUT2D eigenvalue weighted by Crippen LogP contribution is 2.44. The van der Waals surface area contributed by atoms with Gasteiger partial charge in [0.25, 0.3) is 11.6 Å². The van der Waals surface area contributed by atoms with Crippen molar-refractivity contribution in [1.29, 1.82) is 0 Å². The lowest BCUT2D eigenvalue weighted by Crippen LogP contribution is -2.38. The molecule has 0 aliphatic heterocycles. The number of thiophene rings is 1. The minimum absolute atomic E-state index is 0.0296. The van der Waals surface area contributed by atoms with Crippen LogP contribution in [0.15, 0.2) is 36.4 Å². The number of hydrogen-bond acceptors (Lipinski definition) is 5. The number of hydrogen-bond donors (Lipinski definition) is 2. The molecular weight excluding hydrogens is 352 g/mol. The molecule has 26 heavy (non-hydrogen) atoms. The van der Waals surface area contributed by atoms with Gasteiger partial charge in [-0.15, -0.1) is 11.3 Å². The molecule has 1 aliphatic carbocycles. The molecule has 1 aliphatic rings. The molecule has 7 heteroatoms. The van der Waals surface area contributed by atoms with Crippen LogP contribution in [0.3, 0.4) is 0 Å². The molecule has 1 amide bonds. The summed E-state index contributed by atoms with van der Waals surface area (Å²) in [5, 5.41) is 23.5. The van der Waals surface area contributed by atoms with Crippen LogP contribution in [-0.2, 0) is 5.41 Å². The summed E-state index contributed by atoms with van der Waals surface area (Å²) in [7, 11) is 0. The van der Waals surface area contributed by atoms with Gasteiger partial charge in [0.1, 0.15) is 0 Å².